The second-order valence-corrected chi connectivity index (χ2v) is 6.11. The van der Waals surface area contributed by atoms with Crippen LogP contribution in [0.1, 0.15) is 13.3 Å². The van der Waals surface area contributed by atoms with E-state index in [0.29, 0.717) is 18.8 Å². The first kappa shape index (κ1) is 17.5. The van der Waals surface area contributed by atoms with Gasteiger partial charge in [-0.05, 0) is 31.4 Å². The zero-order valence-corrected chi connectivity index (χ0v) is 13.4. The number of anilines is 1. The van der Waals surface area contributed by atoms with Gasteiger partial charge in [0.25, 0.3) is 0 Å². The number of nitrogens with one attached hydrogen (secondary N) is 1. The smallest absolute Gasteiger partial charge is 0.317 e. The molecule has 2 N–H and O–H groups in total. The Bertz CT molecular complexity index is 554. The molecule has 7 heteroatoms. The molecule has 5 nitrogen and oxygen atoms in total. The molecule has 23 heavy (non-hydrogen) atoms. The maximum atomic E-state index is 13.3. The molecule has 1 aromatic carbocycles. The van der Waals surface area contributed by atoms with Gasteiger partial charge in [-0.1, -0.05) is 0 Å². The fourth-order valence-electron chi connectivity index (χ4n) is 2.76. The van der Waals surface area contributed by atoms with Crippen molar-refractivity contribution in [1.29, 1.82) is 0 Å². The Morgan fingerprint density at radius 1 is 1.48 bits per heavy atom. The molecule has 0 aliphatic carbocycles. The normalized spacial score (nSPS) is 18.8. The molecule has 1 aliphatic rings. The summed E-state index contributed by atoms with van der Waals surface area (Å²) in [7, 11) is 1.63. The van der Waals surface area contributed by atoms with Gasteiger partial charge in [0.15, 0.2) is 11.6 Å². The van der Waals surface area contributed by atoms with Crippen LogP contribution in [0.25, 0.3) is 0 Å². The first-order valence-electron chi connectivity index (χ1n) is 7.74. The Morgan fingerprint density at radius 3 is 2.87 bits per heavy atom. The molecule has 2 unspecified atom stereocenters. The average molecular weight is 327 g/mol. The van der Waals surface area contributed by atoms with E-state index in [1.807, 2.05) is 4.90 Å². The average Bonchev–Trinajstić information content (AvgIpc) is 2.95. The summed E-state index contributed by atoms with van der Waals surface area (Å²) in [6.45, 7) is 3.85. The van der Waals surface area contributed by atoms with Crippen molar-refractivity contribution in [3.8, 4) is 0 Å². The number of hydrogen-bond acceptors (Lipinski definition) is 3. The summed E-state index contributed by atoms with van der Waals surface area (Å²) in [6, 6.07) is 3.67. The largest absolute Gasteiger partial charge is 0.392 e. The molecule has 1 aromatic rings. The van der Waals surface area contributed by atoms with Crippen molar-refractivity contribution in [3.05, 3.63) is 29.8 Å². The van der Waals surface area contributed by atoms with Crippen molar-refractivity contribution < 1.29 is 18.7 Å². The van der Waals surface area contributed by atoms with Crippen molar-refractivity contribution in [3.63, 3.8) is 0 Å². The highest BCUT2D eigenvalue weighted by molar-refractivity contribution is 5.73. The monoisotopic (exact) mass is 327 g/mol. The lowest BCUT2D eigenvalue weighted by Gasteiger charge is -2.21. The third-order valence-electron chi connectivity index (χ3n) is 3.98. The van der Waals surface area contributed by atoms with Crippen LogP contribution in [0.5, 0.6) is 0 Å². The highest BCUT2D eigenvalue weighted by Crippen LogP contribution is 2.24. The molecule has 0 aromatic heterocycles. The van der Waals surface area contributed by atoms with E-state index < -0.39 is 17.7 Å². The maximum Gasteiger partial charge on any atom is 0.317 e. The highest BCUT2D eigenvalue weighted by atomic mass is 19.2. The van der Waals surface area contributed by atoms with Gasteiger partial charge in [-0.3, -0.25) is 0 Å². The van der Waals surface area contributed by atoms with Gasteiger partial charge in [0.1, 0.15) is 0 Å². The lowest BCUT2D eigenvalue weighted by molar-refractivity contribution is 0.143. The first-order valence-corrected chi connectivity index (χ1v) is 7.74. The molecule has 0 saturated carbocycles. The number of halogens is 2. The fraction of sp³-hybridized carbons (Fsp3) is 0.562. The van der Waals surface area contributed by atoms with Gasteiger partial charge in [-0.15, -0.1) is 0 Å². The zero-order chi connectivity index (χ0) is 17.0. The van der Waals surface area contributed by atoms with Crippen molar-refractivity contribution in [1.82, 2.24) is 10.2 Å². The van der Waals surface area contributed by atoms with Gasteiger partial charge in [-0.25, -0.2) is 13.6 Å². The number of amides is 2. The molecule has 2 atom stereocenters. The van der Waals surface area contributed by atoms with Crippen LogP contribution in [0.3, 0.4) is 0 Å². The van der Waals surface area contributed by atoms with Crippen LogP contribution >= 0.6 is 0 Å². The Labute approximate surface area is 134 Å². The van der Waals surface area contributed by atoms with E-state index in [-0.39, 0.29) is 18.5 Å². The molecule has 1 heterocycles. The second-order valence-electron chi connectivity index (χ2n) is 6.11. The van der Waals surface area contributed by atoms with Crippen LogP contribution in [0.4, 0.5) is 19.3 Å². The number of aliphatic hydroxyl groups excluding tert-OH is 1. The van der Waals surface area contributed by atoms with Gasteiger partial charge in [0.2, 0.25) is 0 Å². The van der Waals surface area contributed by atoms with Crippen LogP contribution in [0.15, 0.2) is 18.2 Å². The Hall–Kier alpha value is -1.89. The Morgan fingerprint density at radius 2 is 2.22 bits per heavy atom. The molecule has 128 valence electrons. The van der Waals surface area contributed by atoms with Gasteiger partial charge < -0.3 is 20.2 Å². The minimum Gasteiger partial charge on any atom is -0.392 e. The third kappa shape index (κ3) is 4.79. The van der Waals surface area contributed by atoms with E-state index in [0.717, 1.165) is 19.0 Å². The summed E-state index contributed by atoms with van der Waals surface area (Å²) in [5.74, 6) is -1.44. The second kappa shape index (κ2) is 7.59. The van der Waals surface area contributed by atoms with Crippen molar-refractivity contribution in [2.45, 2.75) is 19.4 Å². The first-order chi connectivity index (χ1) is 10.9. The van der Waals surface area contributed by atoms with E-state index in [9.17, 15) is 18.7 Å². The van der Waals surface area contributed by atoms with Crippen molar-refractivity contribution >= 4 is 11.7 Å². The maximum absolute atomic E-state index is 13.3. The number of likely N-dealkylation sites (N-methyl/N-ethyl adjacent to an activating group) is 1. The van der Waals surface area contributed by atoms with Crippen LogP contribution in [0, 0.1) is 17.6 Å². The quantitative estimate of drug-likeness (QED) is 0.867. The topological polar surface area (TPSA) is 55.8 Å². The number of carbonyl (C=O) groups is 1. The van der Waals surface area contributed by atoms with Gasteiger partial charge in [-0.2, -0.15) is 0 Å². The lowest BCUT2D eigenvalue weighted by Crippen LogP contribution is -2.42. The standard InChI is InChI=1S/C16H23F2N3O2/c1-11(22)9-20(2)16(23)19-8-12-5-6-21(10-12)13-3-4-14(17)15(18)7-13/h3-4,7,11-12,22H,5-6,8-10H2,1-2H3,(H,19,23). The third-order valence-corrected chi connectivity index (χ3v) is 3.98. The Balaban J connectivity index is 1.81. The summed E-state index contributed by atoms with van der Waals surface area (Å²) < 4.78 is 26.3. The molecule has 2 rings (SSSR count). The number of aliphatic hydroxyl groups is 1. The predicted octanol–water partition coefficient (Wildman–Crippen LogP) is 1.81. The van der Waals surface area contributed by atoms with Crippen LogP contribution in [-0.4, -0.2) is 55.4 Å². The summed E-state index contributed by atoms with van der Waals surface area (Å²) in [5, 5.41) is 12.1. The van der Waals surface area contributed by atoms with Crippen LogP contribution in [0.2, 0.25) is 0 Å². The van der Waals surface area contributed by atoms with E-state index >= 15 is 0 Å². The molecule has 0 radical (unpaired) electrons. The minimum absolute atomic E-state index is 0.225. The minimum atomic E-state index is -0.849. The van der Waals surface area contributed by atoms with Crippen molar-refractivity contribution in [2.24, 2.45) is 5.92 Å². The summed E-state index contributed by atoms with van der Waals surface area (Å²) in [5.41, 5.74) is 0.656. The number of benzene rings is 1. The number of carbonyl (C=O) groups excluding carboxylic acids is 1. The molecule has 0 bridgehead atoms. The van der Waals surface area contributed by atoms with Gasteiger partial charge in [0, 0.05) is 45.0 Å². The SMILES string of the molecule is CC(O)CN(C)C(=O)NCC1CCN(c2ccc(F)c(F)c2)C1. The summed E-state index contributed by atoms with van der Waals surface area (Å²) in [6.07, 6.45) is 0.306. The number of rotatable bonds is 5. The molecule has 0 spiro atoms. The van der Waals surface area contributed by atoms with Gasteiger partial charge in [0.05, 0.1) is 6.10 Å². The summed E-state index contributed by atoms with van der Waals surface area (Å²) >= 11 is 0. The van der Waals surface area contributed by atoms with Crippen LogP contribution < -0.4 is 10.2 Å². The van der Waals surface area contributed by atoms with Crippen molar-refractivity contribution in [2.75, 3.05) is 38.1 Å². The number of nitrogens with zero attached hydrogens (tertiary/aromatic N) is 2. The van der Waals surface area contributed by atoms with E-state index in [1.54, 1.807) is 20.0 Å². The predicted molar refractivity (Wildman–Crippen MR) is 84.4 cm³/mol. The lowest BCUT2D eigenvalue weighted by atomic mass is 10.1. The molecule has 1 saturated heterocycles. The molecular formula is C16H23F2N3O2. The van der Waals surface area contributed by atoms with Crippen LogP contribution in [-0.2, 0) is 0 Å². The van der Waals surface area contributed by atoms with E-state index in [2.05, 4.69) is 5.32 Å². The summed E-state index contributed by atoms with van der Waals surface area (Å²) in [4.78, 5) is 15.3. The highest BCUT2D eigenvalue weighted by Gasteiger charge is 2.24. The van der Waals surface area contributed by atoms with E-state index in [4.69, 9.17) is 0 Å². The van der Waals surface area contributed by atoms with E-state index in [1.165, 1.54) is 11.0 Å². The number of hydrogen-bond donors (Lipinski definition) is 2. The molecule has 1 aliphatic heterocycles. The Kier molecular flexibility index (Phi) is 5.76. The zero-order valence-electron chi connectivity index (χ0n) is 13.4. The number of urea groups is 1. The molecular weight excluding hydrogens is 304 g/mol. The molecule has 2 amide bonds. The molecule has 1 fully saturated rings. The van der Waals surface area contributed by atoms with Gasteiger partial charge >= 0.3 is 6.03 Å². The fourth-order valence-corrected chi connectivity index (χ4v) is 2.76.